The van der Waals surface area contributed by atoms with Gasteiger partial charge in [-0.15, -0.1) is 0 Å². The van der Waals surface area contributed by atoms with Crippen molar-refractivity contribution in [3.8, 4) is 16.9 Å². The molecule has 23 heavy (non-hydrogen) atoms. The summed E-state index contributed by atoms with van der Waals surface area (Å²) in [6, 6.07) is 4.21. The van der Waals surface area contributed by atoms with E-state index in [1.165, 1.54) is 5.56 Å². The maximum atomic E-state index is 4.54. The largest absolute Gasteiger partial charge is 0.339 e. The number of nitrogens with zero attached hydrogens (tertiary/aromatic N) is 5. The number of aromatic nitrogens is 6. The number of nitrogens with one attached hydrogen (secondary N) is 1. The van der Waals surface area contributed by atoms with Gasteiger partial charge in [-0.3, -0.25) is 4.68 Å². The fraction of sp³-hybridized carbons (Fsp3) is 0.235. The fourth-order valence-corrected chi connectivity index (χ4v) is 2.72. The van der Waals surface area contributed by atoms with Crippen molar-refractivity contribution in [2.45, 2.75) is 20.8 Å². The minimum Gasteiger partial charge on any atom is -0.339 e. The van der Waals surface area contributed by atoms with Crippen molar-refractivity contribution in [1.29, 1.82) is 0 Å². The van der Waals surface area contributed by atoms with Crippen LogP contribution in [0.3, 0.4) is 0 Å². The van der Waals surface area contributed by atoms with E-state index >= 15 is 0 Å². The predicted molar refractivity (Wildman–Crippen MR) is 89.6 cm³/mol. The summed E-state index contributed by atoms with van der Waals surface area (Å²) in [6.45, 7) is 6.13. The van der Waals surface area contributed by atoms with E-state index in [0.717, 1.165) is 39.4 Å². The highest BCUT2D eigenvalue weighted by molar-refractivity contribution is 5.84. The van der Waals surface area contributed by atoms with Gasteiger partial charge >= 0.3 is 0 Å². The number of hydrogen-bond donors (Lipinski definition) is 1. The van der Waals surface area contributed by atoms with Gasteiger partial charge in [0.05, 0.1) is 29.5 Å². The molecule has 0 fully saturated rings. The van der Waals surface area contributed by atoms with E-state index in [2.05, 4.69) is 46.1 Å². The number of aryl methyl sites for hydroxylation is 3. The lowest BCUT2D eigenvalue weighted by Crippen LogP contribution is -1.95. The van der Waals surface area contributed by atoms with E-state index in [-0.39, 0.29) is 0 Å². The molecule has 4 rings (SSSR count). The van der Waals surface area contributed by atoms with Crippen LogP contribution in [0.5, 0.6) is 0 Å². The van der Waals surface area contributed by atoms with Crippen LogP contribution < -0.4 is 0 Å². The molecule has 0 unspecified atom stereocenters. The van der Waals surface area contributed by atoms with Crippen LogP contribution >= 0.6 is 0 Å². The molecule has 0 saturated heterocycles. The molecule has 6 nitrogen and oxygen atoms in total. The number of pyridine rings is 1. The normalized spacial score (nSPS) is 11.5. The molecule has 0 bridgehead atoms. The third kappa shape index (κ3) is 2.14. The van der Waals surface area contributed by atoms with Crippen molar-refractivity contribution < 1.29 is 0 Å². The zero-order chi connectivity index (χ0) is 16.1. The Labute approximate surface area is 133 Å². The molecule has 6 heteroatoms. The van der Waals surface area contributed by atoms with Gasteiger partial charge in [-0.05, 0) is 38.5 Å². The standard InChI is InChI=1S/C17H18N6/c1-10-9-23(21-11(10)2)14-5-13-6-16(20-17(13)18-7-14)15-8-19-22(4)12(15)3/h5-9H,1-4H3,(H,18,20). The van der Waals surface area contributed by atoms with Crippen LogP contribution in [-0.4, -0.2) is 29.5 Å². The number of hydrogen-bond acceptors (Lipinski definition) is 3. The summed E-state index contributed by atoms with van der Waals surface area (Å²) < 4.78 is 3.74. The van der Waals surface area contributed by atoms with Crippen molar-refractivity contribution in [3.05, 3.63) is 47.7 Å². The summed E-state index contributed by atoms with van der Waals surface area (Å²) in [7, 11) is 1.94. The first kappa shape index (κ1) is 13.8. The zero-order valence-electron chi connectivity index (χ0n) is 13.6. The van der Waals surface area contributed by atoms with Crippen molar-refractivity contribution in [2.24, 2.45) is 7.05 Å². The Morgan fingerprint density at radius 1 is 1.09 bits per heavy atom. The average Bonchev–Trinajstić information content (AvgIpc) is 3.18. The molecule has 1 N–H and O–H groups in total. The van der Waals surface area contributed by atoms with Crippen LogP contribution in [0, 0.1) is 20.8 Å². The van der Waals surface area contributed by atoms with Gasteiger partial charge in [-0.2, -0.15) is 10.2 Å². The van der Waals surface area contributed by atoms with Crippen LogP contribution in [0.1, 0.15) is 17.0 Å². The smallest absolute Gasteiger partial charge is 0.137 e. The molecular weight excluding hydrogens is 288 g/mol. The molecule has 4 heterocycles. The number of H-pyrrole nitrogens is 1. The Hall–Kier alpha value is -2.89. The molecule has 4 aromatic heterocycles. The van der Waals surface area contributed by atoms with Gasteiger partial charge in [0.15, 0.2) is 0 Å². The molecular formula is C17H18N6. The van der Waals surface area contributed by atoms with Crippen LogP contribution in [0.4, 0.5) is 0 Å². The van der Waals surface area contributed by atoms with Gasteiger partial charge in [0.25, 0.3) is 0 Å². The van der Waals surface area contributed by atoms with E-state index in [9.17, 15) is 0 Å². The predicted octanol–water partition coefficient (Wildman–Crippen LogP) is 3.07. The second-order valence-corrected chi connectivity index (χ2v) is 5.92. The minimum absolute atomic E-state index is 0.868. The molecule has 0 spiro atoms. The van der Waals surface area contributed by atoms with Crippen LogP contribution in [-0.2, 0) is 7.05 Å². The SMILES string of the molecule is Cc1cn(-c2cnc3[nH]c(-c4cnn(C)c4C)cc3c2)nc1C. The van der Waals surface area contributed by atoms with E-state index in [4.69, 9.17) is 0 Å². The maximum Gasteiger partial charge on any atom is 0.137 e. The summed E-state index contributed by atoms with van der Waals surface area (Å²) in [6.07, 6.45) is 5.74. The van der Waals surface area contributed by atoms with E-state index in [1.54, 1.807) is 0 Å². The molecule has 0 aliphatic heterocycles. The first-order valence-corrected chi connectivity index (χ1v) is 7.54. The van der Waals surface area contributed by atoms with E-state index in [1.807, 2.05) is 41.9 Å². The van der Waals surface area contributed by atoms with Gasteiger partial charge in [-0.25, -0.2) is 9.67 Å². The Morgan fingerprint density at radius 2 is 1.91 bits per heavy atom. The van der Waals surface area contributed by atoms with E-state index in [0.29, 0.717) is 0 Å². The van der Waals surface area contributed by atoms with Gasteiger partial charge in [-0.1, -0.05) is 0 Å². The Bertz CT molecular complexity index is 998. The number of rotatable bonds is 2. The van der Waals surface area contributed by atoms with Crippen LogP contribution in [0.25, 0.3) is 28.0 Å². The lowest BCUT2D eigenvalue weighted by atomic mass is 10.2. The molecule has 0 aliphatic carbocycles. The zero-order valence-corrected chi connectivity index (χ0v) is 13.6. The third-order valence-corrected chi connectivity index (χ3v) is 4.39. The summed E-state index contributed by atoms with van der Waals surface area (Å²) in [5.74, 6) is 0. The topological polar surface area (TPSA) is 64.3 Å². The summed E-state index contributed by atoms with van der Waals surface area (Å²) in [5, 5.41) is 9.89. The van der Waals surface area contributed by atoms with Crippen molar-refractivity contribution >= 4 is 11.0 Å². The van der Waals surface area contributed by atoms with Gasteiger partial charge in [0.1, 0.15) is 5.65 Å². The average molecular weight is 306 g/mol. The summed E-state index contributed by atoms with van der Waals surface area (Å²) in [4.78, 5) is 7.90. The molecule has 0 radical (unpaired) electrons. The molecule has 0 aromatic carbocycles. The van der Waals surface area contributed by atoms with Crippen molar-refractivity contribution in [1.82, 2.24) is 29.5 Å². The highest BCUT2D eigenvalue weighted by Gasteiger charge is 2.11. The lowest BCUT2D eigenvalue weighted by molar-refractivity contribution is 0.740. The minimum atomic E-state index is 0.868. The van der Waals surface area contributed by atoms with Crippen LogP contribution in [0.15, 0.2) is 30.7 Å². The van der Waals surface area contributed by atoms with E-state index < -0.39 is 0 Å². The first-order valence-electron chi connectivity index (χ1n) is 7.54. The number of fused-ring (bicyclic) bond motifs is 1. The van der Waals surface area contributed by atoms with Crippen molar-refractivity contribution in [3.63, 3.8) is 0 Å². The Balaban J connectivity index is 1.82. The molecule has 0 saturated carbocycles. The molecule has 0 amide bonds. The van der Waals surface area contributed by atoms with Gasteiger partial charge in [0, 0.05) is 29.9 Å². The summed E-state index contributed by atoms with van der Waals surface area (Å²) in [5.41, 5.74) is 7.28. The highest BCUT2D eigenvalue weighted by atomic mass is 15.3. The molecule has 0 aliphatic rings. The van der Waals surface area contributed by atoms with Gasteiger partial charge in [0.2, 0.25) is 0 Å². The van der Waals surface area contributed by atoms with Gasteiger partial charge < -0.3 is 4.98 Å². The summed E-state index contributed by atoms with van der Waals surface area (Å²) >= 11 is 0. The molecule has 4 aromatic rings. The fourth-order valence-electron chi connectivity index (χ4n) is 2.72. The highest BCUT2D eigenvalue weighted by Crippen LogP contribution is 2.26. The number of aromatic amines is 1. The monoisotopic (exact) mass is 306 g/mol. The maximum absolute atomic E-state index is 4.54. The quantitative estimate of drug-likeness (QED) is 0.619. The molecule has 116 valence electrons. The van der Waals surface area contributed by atoms with Crippen molar-refractivity contribution in [2.75, 3.05) is 0 Å². The second-order valence-electron chi connectivity index (χ2n) is 5.92. The Kier molecular flexibility index (Phi) is 2.87. The van der Waals surface area contributed by atoms with Crippen LogP contribution in [0.2, 0.25) is 0 Å². The first-order chi connectivity index (χ1) is 11.0. The second kappa shape index (κ2) is 4.81. The Morgan fingerprint density at radius 3 is 2.57 bits per heavy atom. The third-order valence-electron chi connectivity index (χ3n) is 4.39. The lowest BCUT2D eigenvalue weighted by Gasteiger charge is -2.00. The molecule has 0 atom stereocenters.